The van der Waals surface area contributed by atoms with Crippen molar-refractivity contribution in [1.82, 2.24) is 15.0 Å². The summed E-state index contributed by atoms with van der Waals surface area (Å²) in [5.74, 6) is 1.80. The minimum absolute atomic E-state index is 0.0261. The second-order valence-electron chi connectivity index (χ2n) is 9.85. The first kappa shape index (κ1) is 20.7. The average Bonchev–Trinajstić information content (AvgIpc) is 2.88. The molecule has 2 aromatic heterocycles. The first-order valence-corrected chi connectivity index (χ1v) is 12.3. The number of piperidine rings is 1. The third kappa shape index (κ3) is 4.42. The van der Waals surface area contributed by atoms with E-state index in [2.05, 4.69) is 64.1 Å². The third-order valence-corrected chi connectivity index (χ3v) is 7.29. The van der Waals surface area contributed by atoms with Crippen molar-refractivity contribution in [2.24, 2.45) is 5.92 Å². The number of ether oxygens (including phenoxy) is 1. The van der Waals surface area contributed by atoms with E-state index in [1.54, 1.807) is 17.2 Å². The van der Waals surface area contributed by atoms with Gasteiger partial charge in [0.25, 0.3) is 0 Å². The number of alkyl halides is 1. The van der Waals surface area contributed by atoms with Crippen molar-refractivity contribution in [1.29, 1.82) is 5.26 Å². The number of rotatable bonds is 6. The van der Waals surface area contributed by atoms with Crippen molar-refractivity contribution >= 4 is 34.0 Å². The predicted octanol–water partition coefficient (Wildman–Crippen LogP) is 4.80. The molecule has 0 spiro atoms. The molecule has 0 amide bonds. The van der Waals surface area contributed by atoms with Crippen LogP contribution in [0, 0.1) is 17.2 Å². The van der Waals surface area contributed by atoms with Gasteiger partial charge in [-0.15, -0.1) is 0 Å². The summed E-state index contributed by atoms with van der Waals surface area (Å²) >= 11 is 0. The molecule has 2 aliphatic heterocycles. The van der Waals surface area contributed by atoms with E-state index in [0.717, 1.165) is 16.5 Å². The molecule has 36 heavy (non-hydrogen) atoms. The first-order valence-electron chi connectivity index (χ1n) is 13.8. The van der Waals surface area contributed by atoms with E-state index in [9.17, 15) is 9.65 Å². The lowest BCUT2D eigenvalue weighted by Crippen LogP contribution is -2.54. The monoisotopic (exact) mass is 492 g/mol. The van der Waals surface area contributed by atoms with Gasteiger partial charge in [0.05, 0.1) is 28.7 Å². The largest absolute Gasteiger partial charge is 0.378 e. The van der Waals surface area contributed by atoms with Gasteiger partial charge < -0.3 is 19.9 Å². The van der Waals surface area contributed by atoms with Crippen LogP contribution >= 0.6 is 0 Å². The van der Waals surface area contributed by atoms with Crippen molar-refractivity contribution in [3.05, 3.63) is 42.2 Å². The van der Waals surface area contributed by atoms with Gasteiger partial charge in [0.15, 0.2) is 0 Å². The predicted molar refractivity (Wildman–Crippen MR) is 140 cm³/mol. The molecule has 2 saturated heterocycles. The number of anilines is 4. The fraction of sp³-hybridized carbons (Fsp3) is 0.481. The quantitative estimate of drug-likeness (QED) is 0.525. The van der Waals surface area contributed by atoms with Gasteiger partial charge in [-0.3, -0.25) is 0 Å². The van der Waals surface area contributed by atoms with Crippen LogP contribution < -0.4 is 15.1 Å². The van der Waals surface area contributed by atoms with Gasteiger partial charge in [0.1, 0.15) is 17.8 Å². The lowest BCUT2D eigenvalue weighted by molar-refractivity contribution is 0.0194. The maximum absolute atomic E-state index is 14.7. The molecule has 5 rings (SSSR count). The van der Waals surface area contributed by atoms with Crippen molar-refractivity contribution in [3.8, 4) is 6.07 Å². The van der Waals surface area contributed by atoms with Gasteiger partial charge in [0.2, 0.25) is 5.95 Å². The fourth-order valence-electron chi connectivity index (χ4n) is 5.04. The molecule has 0 radical (unpaired) electrons. The summed E-state index contributed by atoms with van der Waals surface area (Å²) in [6.45, 7) is 7.41. The average molecular weight is 493 g/mol. The Morgan fingerprint density at radius 3 is 2.81 bits per heavy atom. The highest BCUT2D eigenvalue weighted by Gasteiger charge is 2.36. The van der Waals surface area contributed by atoms with Crippen molar-refractivity contribution in [3.63, 3.8) is 0 Å². The molecule has 3 aromatic rings. The van der Waals surface area contributed by atoms with Gasteiger partial charge in [0, 0.05) is 49.6 Å². The molecule has 0 bridgehead atoms. The van der Waals surface area contributed by atoms with Crippen LogP contribution in [0.4, 0.5) is 27.7 Å². The number of fused-ring (bicyclic) bond motifs is 1. The molecule has 4 heterocycles. The van der Waals surface area contributed by atoms with Crippen LogP contribution in [0.3, 0.4) is 0 Å². The summed E-state index contributed by atoms with van der Waals surface area (Å²) in [4.78, 5) is 17.5. The molecule has 0 aliphatic carbocycles. The fourth-order valence-corrected chi connectivity index (χ4v) is 5.04. The van der Waals surface area contributed by atoms with E-state index in [1.807, 2.05) is 12.3 Å². The Morgan fingerprint density at radius 1 is 1.22 bits per heavy atom. The zero-order valence-electron chi connectivity index (χ0n) is 23.6. The number of nitrogens with one attached hydrogen (secondary N) is 1. The lowest BCUT2D eigenvalue weighted by atomic mass is 9.88. The van der Waals surface area contributed by atoms with Gasteiger partial charge in [-0.05, 0) is 48.4 Å². The molecule has 188 valence electrons. The summed E-state index contributed by atoms with van der Waals surface area (Å²) in [6, 6.07) is 10.5. The Kier molecular flexibility index (Phi) is 5.66. The van der Waals surface area contributed by atoms with Crippen LogP contribution in [-0.2, 0) is 4.74 Å². The molecule has 1 N–H and O–H groups in total. The number of methoxy groups -OCH3 is 1. The zero-order chi connectivity index (χ0) is 27.9. The highest BCUT2D eigenvalue weighted by molar-refractivity contribution is 5.98. The SMILES string of the molecule is [2H]C([2H])([2H])O[C@@H]1CCN(c2nccc(Nc3cc4c(C(C)C)ccc(N5C[C@H](C#N)[C@H]5C)c4cn3)n2)C[C@@H]1F. The maximum Gasteiger partial charge on any atom is 0.227 e. The molecule has 8 nitrogen and oxygen atoms in total. The summed E-state index contributed by atoms with van der Waals surface area (Å²) < 4.78 is 41.3. The van der Waals surface area contributed by atoms with Gasteiger partial charge >= 0.3 is 0 Å². The zero-order valence-corrected chi connectivity index (χ0v) is 20.6. The Morgan fingerprint density at radius 2 is 2.08 bits per heavy atom. The molecule has 2 fully saturated rings. The van der Waals surface area contributed by atoms with E-state index < -0.39 is 19.3 Å². The smallest absolute Gasteiger partial charge is 0.227 e. The van der Waals surface area contributed by atoms with Gasteiger partial charge in [-0.25, -0.2) is 14.4 Å². The minimum atomic E-state index is -2.63. The molecule has 4 atom stereocenters. The molecule has 1 aromatic carbocycles. The topological polar surface area (TPSA) is 90.2 Å². The second-order valence-corrected chi connectivity index (χ2v) is 9.85. The van der Waals surface area contributed by atoms with E-state index in [1.165, 1.54) is 5.56 Å². The summed E-state index contributed by atoms with van der Waals surface area (Å²) in [5.41, 5.74) is 2.27. The van der Waals surface area contributed by atoms with Crippen LogP contribution in [0.2, 0.25) is 0 Å². The Hall–Kier alpha value is -3.51. The number of nitriles is 1. The Balaban J connectivity index is 1.37. The number of pyridine rings is 1. The Bertz CT molecular complexity index is 1400. The number of aromatic nitrogens is 3. The molecule has 0 unspecified atom stereocenters. The third-order valence-electron chi connectivity index (χ3n) is 7.29. The molecule has 9 heteroatoms. The van der Waals surface area contributed by atoms with Crippen LogP contribution in [0.1, 0.15) is 42.8 Å². The number of hydrogen-bond donors (Lipinski definition) is 1. The van der Waals surface area contributed by atoms with E-state index in [0.29, 0.717) is 36.6 Å². The number of hydrogen-bond acceptors (Lipinski definition) is 8. The summed E-state index contributed by atoms with van der Waals surface area (Å²) in [6.07, 6.45) is 1.22. The molecular weight excluding hydrogens is 457 g/mol. The highest BCUT2D eigenvalue weighted by atomic mass is 19.1. The number of halogens is 1. The van der Waals surface area contributed by atoms with Crippen LogP contribution in [0.15, 0.2) is 36.7 Å². The second kappa shape index (κ2) is 9.86. The molecule has 2 aliphatic rings. The van der Waals surface area contributed by atoms with Crippen molar-refractivity contribution in [2.75, 3.05) is 41.8 Å². The standard InChI is InChI=1S/C27H32FN7O/c1-16(2)19-5-6-23(35-14-18(12-29)17(35)3)21-13-31-26(11-20(19)21)32-25-7-9-30-27(33-25)34-10-8-24(36-4)22(28)15-34/h5-7,9,11,13,16-18,22,24H,8,10,14-15H2,1-4H3,(H,30,31,32,33)/t17-,18+,22+,24-/m1/s1/i4D3. The van der Waals surface area contributed by atoms with Crippen LogP contribution in [0.5, 0.6) is 0 Å². The first-order chi connectivity index (χ1) is 18.5. The van der Waals surface area contributed by atoms with Crippen molar-refractivity contribution in [2.45, 2.75) is 51.4 Å². The van der Waals surface area contributed by atoms with Gasteiger partial charge in [-0.1, -0.05) is 19.9 Å². The lowest BCUT2D eigenvalue weighted by Gasteiger charge is -2.45. The Labute approximate surface area is 215 Å². The van der Waals surface area contributed by atoms with E-state index in [4.69, 9.17) is 8.85 Å². The van der Waals surface area contributed by atoms with Crippen molar-refractivity contribution < 1.29 is 13.2 Å². The molecular formula is C27H32FN7O. The normalized spacial score (nSPS) is 25.6. The summed E-state index contributed by atoms with van der Waals surface area (Å²) in [5, 5.41) is 14.7. The summed E-state index contributed by atoms with van der Waals surface area (Å²) in [7, 11) is -2.63. The number of benzene rings is 1. The van der Waals surface area contributed by atoms with Crippen LogP contribution in [0.25, 0.3) is 10.8 Å². The molecule has 0 saturated carbocycles. The van der Waals surface area contributed by atoms with E-state index >= 15 is 0 Å². The highest BCUT2D eigenvalue weighted by Crippen LogP contribution is 2.39. The van der Waals surface area contributed by atoms with Gasteiger partial charge in [-0.2, -0.15) is 10.2 Å². The number of nitrogens with zero attached hydrogens (tertiary/aromatic N) is 6. The van der Waals surface area contributed by atoms with Crippen LogP contribution in [-0.4, -0.2) is 59.9 Å². The van der Waals surface area contributed by atoms with E-state index in [-0.39, 0.29) is 24.9 Å². The maximum atomic E-state index is 14.7. The minimum Gasteiger partial charge on any atom is -0.378 e.